The number of hydrogen-bond donors (Lipinski definition) is 0. The van der Waals surface area contributed by atoms with Crippen LogP contribution in [0.15, 0.2) is 0 Å². The highest BCUT2D eigenvalue weighted by molar-refractivity contribution is 8.01. The Morgan fingerprint density at radius 3 is 2.85 bits per heavy atom. The molecule has 0 bridgehead atoms. The third kappa shape index (κ3) is 2.13. The highest BCUT2D eigenvalue weighted by Crippen LogP contribution is 2.47. The van der Waals surface area contributed by atoms with Gasteiger partial charge in [0.2, 0.25) is 11.8 Å². The summed E-state index contributed by atoms with van der Waals surface area (Å²) < 4.78 is 0. The minimum Gasteiger partial charge on any atom is -0.336 e. The molecule has 3 aliphatic rings. The lowest BCUT2D eigenvalue weighted by Gasteiger charge is -2.41. The van der Waals surface area contributed by atoms with Crippen LogP contribution in [0.1, 0.15) is 26.7 Å². The number of thioether (sulfide) groups is 1. The number of hydrogen-bond acceptors (Lipinski definition) is 4. The van der Waals surface area contributed by atoms with Gasteiger partial charge in [-0.3, -0.25) is 9.59 Å². The van der Waals surface area contributed by atoms with Crippen LogP contribution in [0.25, 0.3) is 0 Å². The zero-order chi connectivity index (χ0) is 14.5. The van der Waals surface area contributed by atoms with Crippen molar-refractivity contribution in [2.24, 2.45) is 0 Å². The van der Waals surface area contributed by atoms with Gasteiger partial charge in [0.15, 0.2) is 0 Å². The van der Waals surface area contributed by atoms with Gasteiger partial charge in [-0.05, 0) is 27.3 Å². The lowest BCUT2D eigenvalue weighted by Crippen LogP contribution is -2.58. The van der Waals surface area contributed by atoms with E-state index in [-0.39, 0.29) is 28.8 Å². The topological polar surface area (TPSA) is 43.9 Å². The standard InChI is InChI=1S/C14H23N3O2S/c1-10-8-15(3)6-7-16(10)13(19)11-9-20-14(2)5-4-12(18)17(11)14/h10-11H,4-9H2,1-3H3. The highest BCUT2D eigenvalue weighted by Gasteiger charge is 2.53. The fourth-order valence-corrected chi connectivity index (χ4v) is 5.09. The molecule has 3 fully saturated rings. The van der Waals surface area contributed by atoms with Crippen molar-refractivity contribution in [3.63, 3.8) is 0 Å². The molecule has 3 unspecified atom stereocenters. The summed E-state index contributed by atoms with van der Waals surface area (Å²) in [6.45, 7) is 6.80. The van der Waals surface area contributed by atoms with Crippen LogP contribution >= 0.6 is 11.8 Å². The third-order valence-corrected chi connectivity index (χ3v) is 6.35. The van der Waals surface area contributed by atoms with Gasteiger partial charge in [0, 0.05) is 37.8 Å². The Hall–Kier alpha value is -0.750. The number of likely N-dealkylation sites (N-methyl/N-ethyl adjacent to an activating group) is 1. The van der Waals surface area contributed by atoms with E-state index in [1.54, 1.807) is 11.8 Å². The van der Waals surface area contributed by atoms with Gasteiger partial charge < -0.3 is 14.7 Å². The fourth-order valence-electron chi connectivity index (χ4n) is 3.66. The molecule has 0 radical (unpaired) electrons. The first-order chi connectivity index (χ1) is 9.42. The fraction of sp³-hybridized carbons (Fsp3) is 0.857. The number of piperazine rings is 1. The third-order valence-electron chi connectivity index (χ3n) is 4.84. The van der Waals surface area contributed by atoms with Gasteiger partial charge in [-0.1, -0.05) is 0 Å². The molecule has 3 rings (SSSR count). The molecule has 0 saturated carbocycles. The predicted molar refractivity (Wildman–Crippen MR) is 79.4 cm³/mol. The van der Waals surface area contributed by atoms with Crippen LogP contribution in [-0.4, -0.2) is 75.9 Å². The number of rotatable bonds is 1. The molecule has 0 spiro atoms. The molecule has 20 heavy (non-hydrogen) atoms. The SMILES string of the molecule is CC1CN(C)CCN1C(=O)C1CSC2(C)CCC(=O)N12. The van der Waals surface area contributed by atoms with E-state index in [0.29, 0.717) is 6.42 Å². The van der Waals surface area contributed by atoms with Crippen molar-refractivity contribution in [3.05, 3.63) is 0 Å². The Kier molecular flexibility index (Phi) is 3.49. The van der Waals surface area contributed by atoms with Crippen LogP contribution in [0, 0.1) is 0 Å². The lowest BCUT2D eigenvalue weighted by molar-refractivity contribution is -0.146. The average Bonchev–Trinajstić information content (AvgIpc) is 2.86. The number of nitrogens with zero attached hydrogens (tertiary/aromatic N) is 3. The Balaban J connectivity index is 1.76. The Morgan fingerprint density at radius 1 is 1.40 bits per heavy atom. The largest absolute Gasteiger partial charge is 0.336 e. The van der Waals surface area contributed by atoms with Crippen molar-refractivity contribution in [2.75, 3.05) is 32.4 Å². The van der Waals surface area contributed by atoms with E-state index in [2.05, 4.69) is 25.8 Å². The van der Waals surface area contributed by atoms with Crippen LogP contribution in [-0.2, 0) is 9.59 Å². The second kappa shape index (κ2) is 4.91. The lowest BCUT2D eigenvalue weighted by atomic mass is 10.1. The quantitative estimate of drug-likeness (QED) is 0.711. The summed E-state index contributed by atoms with van der Waals surface area (Å²) in [7, 11) is 2.09. The zero-order valence-corrected chi connectivity index (χ0v) is 13.3. The van der Waals surface area contributed by atoms with Gasteiger partial charge in [-0.15, -0.1) is 11.8 Å². The first kappa shape index (κ1) is 14.2. The highest BCUT2D eigenvalue weighted by atomic mass is 32.2. The summed E-state index contributed by atoms with van der Waals surface area (Å²) in [4.78, 5) is 30.9. The molecule has 0 aliphatic carbocycles. The van der Waals surface area contributed by atoms with Crippen LogP contribution in [0.4, 0.5) is 0 Å². The van der Waals surface area contributed by atoms with Crippen LogP contribution < -0.4 is 0 Å². The summed E-state index contributed by atoms with van der Waals surface area (Å²) in [5.41, 5.74) is 0. The average molecular weight is 297 g/mol. The summed E-state index contributed by atoms with van der Waals surface area (Å²) in [5, 5.41) is 0. The second-order valence-corrected chi connectivity index (χ2v) is 7.91. The Bertz CT molecular complexity index is 444. The Labute approximate surface area is 124 Å². The van der Waals surface area contributed by atoms with Gasteiger partial charge >= 0.3 is 0 Å². The van der Waals surface area contributed by atoms with E-state index in [0.717, 1.165) is 31.8 Å². The maximum absolute atomic E-state index is 12.8. The Morgan fingerprint density at radius 2 is 2.15 bits per heavy atom. The van der Waals surface area contributed by atoms with Gasteiger partial charge in [-0.25, -0.2) is 0 Å². The minimum absolute atomic E-state index is 0.146. The molecule has 0 aromatic rings. The summed E-state index contributed by atoms with van der Waals surface area (Å²) in [6.07, 6.45) is 1.46. The van der Waals surface area contributed by atoms with E-state index in [1.165, 1.54) is 0 Å². The molecule has 0 aromatic carbocycles. The zero-order valence-electron chi connectivity index (χ0n) is 12.5. The molecule has 112 valence electrons. The minimum atomic E-state index is -0.245. The second-order valence-electron chi connectivity index (χ2n) is 6.41. The van der Waals surface area contributed by atoms with Crippen molar-refractivity contribution >= 4 is 23.6 Å². The number of amides is 2. The normalized spacial score (nSPS) is 38.5. The maximum Gasteiger partial charge on any atom is 0.246 e. The smallest absolute Gasteiger partial charge is 0.246 e. The number of carbonyl (C=O) groups excluding carboxylic acids is 2. The van der Waals surface area contributed by atoms with Crippen molar-refractivity contribution in [2.45, 2.75) is 43.6 Å². The molecule has 6 heteroatoms. The van der Waals surface area contributed by atoms with Crippen molar-refractivity contribution in [1.82, 2.24) is 14.7 Å². The molecule has 3 aliphatic heterocycles. The summed E-state index contributed by atoms with van der Waals surface area (Å²) in [5.74, 6) is 1.05. The molecule has 2 amide bonds. The summed E-state index contributed by atoms with van der Waals surface area (Å²) in [6, 6.07) is -0.0123. The van der Waals surface area contributed by atoms with Gasteiger partial charge in [0.25, 0.3) is 0 Å². The molecule has 3 saturated heterocycles. The molecule has 0 aromatic heterocycles. The first-order valence-electron chi connectivity index (χ1n) is 7.37. The first-order valence-corrected chi connectivity index (χ1v) is 8.36. The van der Waals surface area contributed by atoms with E-state index in [1.807, 2.05) is 9.80 Å². The molecule has 5 nitrogen and oxygen atoms in total. The van der Waals surface area contributed by atoms with Crippen molar-refractivity contribution in [1.29, 1.82) is 0 Å². The maximum atomic E-state index is 12.8. The van der Waals surface area contributed by atoms with Gasteiger partial charge in [-0.2, -0.15) is 0 Å². The van der Waals surface area contributed by atoms with Crippen LogP contribution in [0.3, 0.4) is 0 Å². The van der Waals surface area contributed by atoms with Gasteiger partial charge in [0.1, 0.15) is 6.04 Å². The van der Waals surface area contributed by atoms with Crippen molar-refractivity contribution < 1.29 is 9.59 Å². The van der Waals surface area contributed by atoms with E-state index < -0.39 is 0 Å². The van der Waals surface area contributed by atoms with E-state index in [9.17, 15) is 9.59 Å². The summed E-state index contributed by atoms with van der Waals surface area (Å²) >= 11 is 1.77. The van der Waals surface area contributed by atoms with Gasteiger partial charge in [0.05, 0.1) is 4.87 Å². The molecular weight excluding hydrogens is 274 g/mol. The monoisotopic (exact) mass is 297 g/mol. The number of fused-ring (bicyclic) bond motifs is 1. The van der Waals surface area contributed by atoms with Crippen molar-refractivity contribution in [3.8, 4) is 0 Å². The molecular formula is C14H23N3O2S. The van der Waals surface area contributed by atoms with E-state index >= 15 is 0 Å². The molecule has 0 N–H and O–H groups in total. The number of carbonyl (C=O) groups is 2. The molecule has 3 atom stereocenters. The predicted octanol–water partition coefficient (Wildman–Crippen LogP) is 0.603. The van der Waals surface area contributed by atoms with Crippen LogP contribution in [0.5, 0.6) is 0 Å². The molecule has 3 heterocycles. The van der Waals surface area contributed by atoms with E-state index in [4.69, 9.17) is 0 Å². The van der Waals surface area contributed by atoms with Crippen LogP contribution in [0.2, 0.25) is 0 Å².